The first-order valence-electron chi connectivity index (χ1n) is 4.78. The summed E-state index contributed by atoms with van der Waals surface area (Å²) in [6.45, 7) is 3.43. The molecule has 0 aromatic carbocycles. The van der Waals surface area contributed by atoms with E-state index in [4.69, 9.17) is 10.5 Å². The molecule has 1 aliphatic rings. The maximum atomic E-state index is 5.47. The zero-order valence-electron chi connectivity index (χ0n) is 8.02. The van der Waals surface area contributed by atoms with Gasteiger partial charge in [0.05, 0.1) is 6.61 Å². The van der Waals surface area contributed by atoms with Crippen molar-refractivity contribution in [3.05, 3.63) is 12.1 Å². The third-order valence-corrected chi connectivity index (χ3v) is 2.22. The third kappa shape index (κ3) is 2.11. The summed E-state index contributed by atoms with van der Waals surface area (Å²) in [5.41, 5.74) is 5.47. The lowest BCUT2D eigenvalue weighted by atomic mass is 10.4. The molecule has 76 valence electrons. The van der Waals surface area contributed by atoms with Crippen LogP contribution in [0.5, 0.6) is 0 Å². The Kier molecular flexibility index (Phi) is 2.78. The zero-order chi connectivity index (χ0) is 9.80. The Balaban J connectivity index is 2.08. The number of hydrogen-bond donors (Lipinski definition) is 1. The number of ether oxygens (including phenoxy) is 1. The largest absolute Gasteiger partial charge is 0.382 e. The molecule has 0 amide bonds. The van der Waals surface area contributed by atoms with E-state index in [-0.39, 0.29) is 0 Å². The van der Waals surface area contributed by atoms with Crippen LogP contribution >= 0.6 is 0 Å². The fourth-order valence-electron chi connectivity index (χ4n) is 1.48. The number of nitrogens with zero attached hydrogens (tertiary/aromatic N) is 3. The summed E-state index contributed by atoms with van der Waals surface area (Å²) in [7, 11) is 0. The maximum absolute atomic E-state index is 5.47. The molecule has 2 heterocycles. The first-order valence-corrected chi connectivity index (χ1v) is 4.78. The van der Waals surface area contributed by atoms with E-state index < -0.39 is 0 Å². The summed E-state index contributed by atoms with van der Waals surface area (Å²) >= 11 is 0. The minimum absolute atomic E-state index is 0.458. The average Bonchev–Trinajstić information content (AvgIpc) is 2.47. The van der Waals surface area contributed by atoms with E-state index in [9.17, 15) is 0 Å². The Morgan fingerprint density at radius 2 is 2.14 bits per heavy atom. The van der Waals surface area contributed by atoms with Crippen molar-refractivity contribution in [3.8, 4) is 0 Å². The van der Waals surface area contributed by atoms with E-state index in [0.717, 1.165) is 38.5 Å². The molecule has 0 saturated carbocycles. The lowest BCUT2D eigenvalue weighted by Crippen LogP contribution is -2.27. The smallest absolute Gasteiger partial charge is 0.151 e. The standard InChI is InChI=1S/C9H14N4O/c10-8-2-3-9(12-11-8)13-4-1-6-14-7-5-13/h2-3H,1,4-7H2,(H2,10,11). The molecule has 0 radical (unpaired) electrons. The lowest BCUT2D eigenvalue weighted by Gasteiger charge is -2.19. The van der Waals surface area contributed by atoms with Gasteiger partial charge in [0.25, 0.3) is 0 Å². The van der Waals surface area contributed by atoms with Crippen molar-refractivity contribution in [2.75, 3.05) is 36.9 Å². The molecule has 0 bridgehead atoms. The highest BCUT2D eigenvalue weighted by molar-refractivity contribution is 5.41. The summed E-state index contributed by atoms with van der Waals surface area (Å²) in [6.07, 6.45) is 1.03. The van der Waals surface area contributed by atoms with Crippen LogP contribution in [0.3, 0.4) is 0 Å². The van der Waals surface area contributed by atoms with Gasteiger partial charge in [0.1, 0.15) is 5.82 Å². The average molecular weight is 194 g/mol. The van der Waals surface area contributed by atoms with Gasteiger partial charge >= 0.3 is 0 Å². The first-order chi connectivity index (χ1) is 6.86. The topological polar surface area (TPSA) is 64.3 Å². The second-order valence-corrected chi connectivity index (χ2v) is 3.27. The molecule has 14 heavy (non-hydrogen) atoms. The van der Waals surface area contributed by atoms with Crippen LogP contribution in [0, 0.1) is 0 Å². The Labute approximate surface area is 82.9 Å². The predicted molar refractivity (Wildman–Crippen MR) is 54.1 cm³/mol. The van der Waals surface area contributed by atoms with Crippen LogP contribution in [0.4, 0.5) is 11.6 Å². The van der Waals surface area contributed by atoms with E-state index in [1.54, 1.807) is 6.07 Å². The summed E-state index contributed by atoms with van der Waals surface area (Å²) in [5, 5.41) is 7.87. The summed E-state index contributed by atoms with van der Waals surface area (Å²) in [6, 6.07) is 3.67. The minimum Gasteiger partial charge on any atom is -0.382 e. The van der Waals surface area contributed by atoms with E-state index in [0.29, 0.717) is 5.82 Å². The summed E-state index contributed by atoms with van der Waals surface area (Å²) in [5.74, 6) is 1.34. The summed E-state index contributed by atoms with van der Waals surface area (Å²) < 4.78 is 5.36. The number of nitrogens with two attached hydrogens (primary N) is 1. The van der Waals surface area contributed by atoms with Crippen molar-refractivity contribution in [2.24, 2.45) is 0 Å². The van der Waals surface area contributed by atoms with Crippen LogP contribution in [-0.2, 0) is 4.74 Å². The Morgan fingerprint density at radius 1 is 1.21 bits per heavy atom. The van der Waals surface area contributed by atoms with Crippen LogP contribution in [0.15, 0.2) is 12.1 Å². The number of hydrogen-bond acceptors (Lipinski definition) is 5. The van der Waals surface area contributed by atoms with Gasteiger partial charge in [-0.25, -0.2) is 0 Å². The normalized spacial score (nSPS) is 17.9. The molecule has 5 nitrogen and oxygen atoms in total. The van der Waals surface area contributed by atoms with Crippen molar-refractivity contribution in [1.29, 1.82) is 0 Å². The van der Waals surface area contributed by atoms with Gasteiger partial charge in [-0.3, -0.25) is 0 Å². The van der Waals surface area contributed by atoms with Crippen molar-refractivity contribution in [3.63, 3.8) is 0 Å². The highest BCUT2D eigenvalue weighted by Gasteiger charge is 2.10. The molecule has 2 rings (SSSR count). The molecule has 1 aromatic rings. The fraction of sp³-hybridized carbons (Fsp3) is 0.556. The molecule has 0 spiro atoms. The molecule has 2 N–H and O–H groups in total. The molecule has 1 saturated heterocycles. The minimum atomic E-state index is 0.458. The van der Waals surface area contributed by atoms with Crippen LogP contribution in [0.25, 0.3) is 0 Å². The van der Waals surface area contributed by atoms with Gasteiger partial charge in [-0.15, -0.1) is 10.2 Å². The van der Waals surface area contributed by atoms with Gasteiger partial charge < -0.3 is 15.4 Å². The van der Waals surface area contributed by atoms with Crippen molar-refractivity contribution >= 4 is 11.6 Å². The Morgan fingerprint density at radius 3 is 2.93 bits per heavy atom. The van der Waals surface area contributed by atoms with Gasteiger partial charge in [0, 0.05) is 19.7 Å². The lowest BCUT2D eigenvalue weighted by molar-refractivity contribution is 0.152. The van der Waals surface area contributed by atoms with E-state index in [1.165, 1.54) is 0 Å². The fourth-order valence-corrected chi connectivity index (χ4v) is 1.48. The van der Waals surface area contributed by atoms with Crippen molar-refractivity contribution in [2.45, 2.75) is 6.42 Å². The molecular formula is C9H14N4O. The van der Waals surface area contributed by atoms with Gasteiger partial charge in [0.15, 0.2) is 5.82 Å². The van der Waals surface area contributed by atoms with E-state index in [1.807, 2.05) is 6.07 Å². The van der Waals surface area contributed by atoms with Crippen LogP contribution in [-0.4, -0.2) is 36.5 Å². The van der Waals surface area contributed by atoms with Gasteiger partial charge in [-0.1, -0.05) is 0 Å². The molecule has 0 atom stereocenters. The van der Waals surface area contributed by atoms with E-state index in [2.05, 4.69) is 15.1 Å². The van der Waals surface area contributed by atoms with Gasteiger partial charge in [-0.2, -0.15) is 0 Å². The highest BCUT2D eigenvalue weighted by atomic mass is 16.5. The Bertz CT molecular complexity index is 279. The summed E-state index contributed by atoms with van der Waals surface area (Å²) in [4.78, 5) is 2.17. The predicted octanol–water partition coefficient (Wildman–Crippen LogP) is 0.285. The van der Waals surface area contributed by atoms with Crippen LogP contribution in [0.1, 0.15) is 6.42 Å². The SMILES string of the molecule is Nc1ccc(N2CCCOCC2)nn1. The van der Waals surface area contributed by atoms with Crippen molar-refractivity contribution < 1.29 is 4.74 Å². The maximum Gasteiger partial charge on any atom is 0.151 e. The molecular weight excluding hydrogens is 180 g/mol. The molecule has 1 aromatic heterocycles. The molecule has 1 fully saturated rings. The van der Waals surface area contributed by atoms with Gasteiger partial charge in [-0.05, 0) is 18.6 Å². The number of nitrogen functional groups attached to an aromatic ring is 1. The van der Waals surface area contributed by atoms with E-state index >= 15 is 0 Å². The Hall–Kier alpha value is -1.36. The van der Waals surface area contributed by atoms with Crippen LogP contribution in [0.2, 0.25) is 0 Å². The van der Waals surface area contributed by atoms with Crippen LogP contribution < -0.4 is 10.6 Å². The highest BCUT2D eigenvalue weighted by Crippen LogP contribution is 2.12. The molecule has 0 aliphatic carbocycles. The quantitative estimate of drug-likeness (QED) is 0.696. The number of rotatable bonds is 1. The first kappa shape index (κ1) is 9.21. The zero-order valence-corrected chi connectivity index (χ0v) is 8.02. The monoisotopic (exact) mass is 194 g/mol. The third-order valence-electron chi connectivity index (χ3n) is 2.22. The molecule has 0 unspecified atom stereocenters. The van der Waals surface area contributed by atoms with Crippen molar-refractivity contribution in [1.82, 2.24) is 10.2 Å². The second kappa shape index (κ2) is 4.23. The molecule has 5 heteroatoms. The second-order valence-electron chi connectivity index (χ2n) is 3.27. The number of aromatic nitrogens is 2. The molecule has 1 aliphatic heterocycles. The van der Waals surface area contributed by atoms with Gasteiger partial charge in [0.2, 0.25) is 0 Å². The number of anilines is 2.